The number of fused-ring (bicyclic) bond motifs is 4. The number of ether oxygens (including phenoxy) is 5. The number of benzene rings is 3. The highest BCUT2D eigenvalue weighted by atomic mass is 28.3. The standard InChI is InChI=1S/C73H94F2N10O10Si/c1-45(2)96(46(3)4,47(5)6)33-20-54-57(74)16-12-49-35-53(94-44-91-10)37-55(62(49)54)64-63(75)65-56(38-76-64)66(83-40-51-14-15-52(41-83)85(51)70(90)95-71(7,8)9)79-68(78-65)93-43-72(22-23-72)42-81-31-29-80(30-32-81)39-48-18-21-73(60(86)34-48)24-27-82(28-25-73)67(88)50-13-17-59(92-11)58(36-50)84-26-19-61(87)77-69(84)89/h12-13,16-17,35-38,45-48,51-52H,14-15,18-19,21-32,34,39-44H2,1-11H3,(H,77,87,89). The zero-order chi connectivity index (χ0) is 68.2. The van der Waals surface area contributed by atoms with Crippen LogP contribution in [0.2, 0.25) is 16.6 Å². The van der Waals surface area contributed by atoms with Gasteiger partial charge >= 0.3 is 18.1 Å². The summed E-state index contributed by atoms with van der Waals surface area (Å²) in [6, 6.07) is 10.6. The molecule has 20 nitrogen and oxygen atoms in total. The Morgan fingerprint density at radius 3 is 2.15 bits per heavy atom. The number of amides is 5. The zero-order valence-electron chi connectivity index (χ0n) is 57.7. The number of methoxy groups -OCH3 is 2. The summed E-state index contributed by atoms with van der Waals surface area (Å²) in [5.41, 5.74) is 4.51. The van der Waals surface area contributed by atoms with E-state index < -0.39 is 36.8 Å². The molecule has 23 heteroatoms. The van der Waals surface area contributed by atoms with Crippen LogP contribution in [0.3, 0.4) is 0 Å². The van der Waals surface area contributed by atoms with E-state index >= 15 is 8.78 Å². The molecule has 12 rings (SSSR count). The van der Waals surface area contributed by atoms with Crippen molar-refractivity contribution in [2.24, 2.45) is 16.7 Å². The second-order valence-electron chi connectivity index (χ2n) is 30.0. The summed E-state index contributed by atoms with van der Waals surface area (Å²) >= 11 is 0. The monoisotopic (exact) mass is 1340 g/mol. The number of rotatable bonds is 18. The first-order chi connectivity index (χ1) is 45.8. The number of pyridine rings is 1. The first-order valence-corrected chi connectivity index (χ1v) is 36.8. The van der Waals surface area contributed by atoms with Crippen LogP contribution in [0.25, 0.3) is 32.9 Å². The summed E-state index contributed by atoms with van der Waals surface area (Å²) < 4.78 is 64.4. The molecule has 514 valence electrons. The fourth-order valence-electron chi connectivity index (χ4n) is 16.5. The van der Waals surface area contributed by atoms with E-state index in [-0.39, 0.29) is 106 Å². The Morgan fingerprint density at radius 2 is 1.51 bits per heavy atom. The maximum atomic E-state index is 18.3. The lowest BCUT2D eigenvalue weighted by Crippen LogP contribution is -2.57. The van der Waals surface area contributed by atoms with Crippen molar-refractivity contribution in [1.82, 2.24) is 39.9 Å². The largest absolute Gasteiger partial charge is 0.495 e. The number of imide groups is 1. The molecule has 5 saturated heterocycles. The molecule has 1 N–H and O–H groups in total. The minimum atomic E-state index is -2.37. The van der Waals surface area contributed by atoms with Gasteiger partial charge < -0.3 is 43.3 Å². The van der Waals surface area contributed by atoms with E-state index in [9.17, 15) is 24.0 Å². The number of halogens is 2. The molecule has 3 unspecified atom stereocenters. The Morgan fingerprint density at radius 1 is 0.812 bits per heavy atom. The number of anilines is 2. The number of hydrogen-bond donors (Lipinski definition) is 1. The van der Waals surface area contributed by atoms with Gasteiger partial charge in [0.15, 0.2) is 12.6 Å². The average Bonchev–Trinajstić information content (AvgIpc) is 0.953. The lowest BCUT2D eigenvalue weighted by molar-refractivity contribution is -0.136. The molecule has 2 aromatic heterocycles. The highest BCUT2D eigenvalue weighted by Gasteiger charge is 2.49. The highest BCUT2D eigenvalue weighted by Crippen LogP contribution is 2.49. The number of ketones is 1. The number of nitrogens with zero attached hydrogens (tertiary/aromatic N) is 9. The second-order valence-corrected chi connectivity index (χ2v) is 35.6. The first kappa shape index (κ1) is 68.4. The van der Waals surface area contributed by atoms with Crippen LogP contribution in [-0.2, 0) is 19.1 Å². The normalized spacial score (nSPS) is 21.5. The zero-order valence-corrected chi connectivity index (χ0v) is 58.7. The first-order valence-electron chi connectivity index (χ1n) is 34.6. The Labute approximate surface area is 563 Å². The summed E-state index contributed by atoms with van der Waals surface area (Å²) in [6.07, 6.45) is 8.33. The third-order valence-electron chi connectivity index (χ3n) is 21.8. The molecule has 3 atom stereocenters. The van der Waals surface area contributed by atoms with Gasteiger partial charge in [0.2, 0.25) is 5.91 Å². The summed E-state index contributed by atoms with van der Waals surface area (Å²) in [6.45, 7) is 26.2. The number of carbonyl (C=O) groups is 5. The molecule has 96 heavy (non-hydrogen) atoms. The van der Waals surface area contributed by atoms with Gasteiger partial charge in [-0.15, -0.1) is 5.54 Å². The van der Waals surface area contributed by atoms with E-state index in [0.29, 0.717) is 103 Å². The number of likely N-dealkylation sites (tertiary alicyclic amines) is 1. The Kier molecular flexibility index (Phi) is 19.5. The molecule has 2 bridgehead atoms. The van der Waals surface area contributed by atoms with Gasteiger partial charge in [0.25, 0.3) is 5.91 Å². The topological polar surface area (TPSA) is 202 Å². The molecule has 5 amide bonds. The fourth-order valence-corrected chi connectivity index (χ4v) is 21.7. The van der Waals surface area contributed by atoms with Crippen LogP contribution in [0, 0.1) is 39.8 Å². The molecule has 2 aliphatic carbocycles. The van der Waals surface area contributed by atoms with Crippen molar-refractivity contribution in [2.45, 2.75) is 161 Å². The number of Topliss-reactive ketones (excluding diaryl/α,β-unsaturated/α-hetero) is 1. The predicted octanol–water partition coefficient (Wildman–Crippen LogP) is 11.8. The minimum absolute atomic E-state index is 0.00461. The Bertz CT molecular complexity index is 3850. The third kappa shape index (κ3) is 13.7. The molecule has 1 spiro atoms. The van der Waals surface area contributed by atoms with Crippen LogP contribution in [0.5, 0.6) is 17.5 Å². The van der Waals surface area contributed by atoms with Crippen molar-refractivity contribution in [2.75, 3.05) is 109 Å². The lowest BCUT2D eigenvalue weighted by Gasteiger charge is -2.45. The van der Waals surface area contributed by atoms with Crippen LogP contribution in [0.4, 0.5) is 29.9 Å². The molecule has 7 heterocycles. The second kappa shape index (κ2) is 27.4. The number of urea groups is 1. The van der Waals surface area contributed by atoms with Crippen molar-refractivity contribution < 1.29 is 56.4 Å². The summed E-state index contributed by atoms with van der Waals surface area (Å²) in [7, 11) is 0.645. The molecule has 7 aliphatic rings. The smallest absolute Gasteiger partial charge is 0.410 e. The van der Waals surface area contributed by atoms with Crippen LogP contribution in [-0.4, -0.2) is 190 Å². The number of aromatic nitrogens is 3. The van der Waals surface area contributed by atoms with Gasteiger partial charge in [-0.1, -0.05) is 53.5 Å². The van der Waals surface area contributed by atoms with Gasteiger partial charge in [0.1, 0.15) is 53.8 Å². The minimum Gasteiger partial charge on any atom is -0.495 e. The SMILES string of the molecule is COCOc1cc(-c2ncc3c(N4CC5CCC(C4)N5C(=O)OC(C)(C)C)nc(OCC4(CN5CCN(CC6CCC7(CCN(C(=O)c8ccc(OC)c(N9CCC(=O)NC9=O)c8)CC7)C(=O)C6)CC5)CC4)nc3c2F)c2c(C#C[Si](C(C)C)(C(C)C)C(C)C)c(F)ccc2c1. The number of hydrogen-bond acceptors (Lipinski definition) is 16. The number of piperazine rings is 2. The van der Waals surface area contributed by atoms with Gasteiger partial charge in [0, 0.05) is 125 Å². The number of piperidine rings is 1. The maximum Gasteiger partial charge on any atom is 0.410 e. The molecule has 2 saturated carbocycles. The van der Waals surface area contributed by atoms with Crippen molar-refractivity contribution in [1.29, 1.82) is 0 Å². The molecular weight excluding hydrogens is 1240 g/mol. The van der Waals surface area contributed by atoms with Crippen molar-refractivity contribution in [3.8, 4) is 40.2 Å². The molecule has 3 aromatic carbocycles. The van der Waals surface area contributed by atoms with E-state index in [2.05, 4.69) is 73.0 Å². The van der Waals surface area contributed by atoms with E-state index in [0.717, 1.165) is 77.8 Å². The van der Waals surface area contributed by atoms with Crippen LogP contribution >= 0.6 is 0 Å². The van der Waals surface area contributed by atoms with Crippen molar-refractivity contribution in [3.05, 3.63) is 71.4 Å². The van der Waals surface area contributed by atoms with Crippen LogP contribution in [0.1, 0.15) is 142 Å². The van der Waals surface area contributed by atoms with Crippen LogP contribution < -0.4 is 29.3 Å². The molecule has 0 radical (unpaired) electrons. The van der Waals surface area contributed by atoms with Gasteiger partial charge in [0.05, 0.1) is 42.4 Å². The third-order valence-corrected chi connectivity index (χ3v) is 28.1. The average molecular weight is 1340 g/mol. The quantitative estimate of drug-likeness (QED) is 0.0493. The van der Waals surface area contributed by atoms with Gasteiger partial charge in [-0.25, -0.2) is 18.4 Å². The number of nitrogens with one attached hydrogen (secondary N) is 1. The summed E-state index contributed by atoms with van der Waals surface area (Å²) in [5.74, 6) is 3.41. The van der Waals surface area contributed by atoms with E-state index in [1.165, 1.54) is 25.2 Å². The molecule has 7 fully saturated rings. The van der Waals surface area contributed by atoms with Gasteiger partial charge in [-0.05, 0) is 136 Å². The van der Waals surface area contributed by atoms with Crippen molar-refractivity contribution >= 4 is 71.0 Å². The fraction of sp³-hybridized carbons (Fsp3) is 0.589. The maximum absolute atomic E-state index is 18.3. The van der Waals surface area contributed by atoms with Crippen molar-refractivity contribution in [3.63, 3.8) is 0 Å². The lowest BCUT2D eigenvalue weighted by atomic mass is 9.64. The molecular formula is C73H94F2N10O10Si. The van der Waals surface area contributed by atoms with E-state index in [4.69, 9.17) is 38.6 Å². The molecule has 5 aromatic rings. The summed E-state index contributed by atoms with van der Waals surface area (Å²) in [4.78, 5) is 93.4. The Balaban J connectivity index is 0.740. The highest BCUT2D eigenvalue weighted by molar-refractivity contribution is 6.90. The van der Waals surface area contributed by atoms with Gasteiger partial charge in [-0.3, -0.25) is 34.5 Å². The van der Waals surface area contributed by atoms with E-state index in [1.807, 2.05) is 25.7 Å². The molecule has 5 aliphatic heterocycles. The number of carbonyl (C=O) groups excluding carboxylic acids is 5. The summed E-state index contributed by atoms with van der Waals surface area (Å²) in [5, 5.41) is 3.72. The van der Waals surface area contributed by atoms with Gasteiger partial charge in [-0.2, -0.15) is 9.97 Å². The van der Waals surface area contributed by atoms with E-state index in [1.54, 1.807) is 47.5 Å². The predicted molar refractivity (Wildman–Crippen MR) is 366 cm³/mol. The Hall–Kier alpha value is -7.52. The van der Waals surface area contributed by atoms with Crippen LogP contribution in [0.15, 0.2) is 48.7 Å².